The van der Waals surface area contributed by atoms with Crippen LogP contribution in [0.3, 0.4) is 0 Å². The van der Waals surface area contributed by atoms with E-state index < -0.39 is 0 Å². The number of anilines is 1. The molecule has 1 saturated heterocycles. The van der Waals surface area contributed by atoms with E-state index in [1.807, 2.05) is 7.05 Å². The van der Waals surface area contributed by atoms with E-state index >= 15 is 0 Å². The second-order valence-corrected chi connectivity index (χ2v) is 7.45. The van der Waals surface area contributed by atoms with Crippen LogP contribution < -0.4 is 15.5 Å². The molecule has 146 valence electrons. The normalized spacial score (nSPS) is 16.2. The van der Waals surface area contributed by atoms with Crippen molar-refractivity contribution in [3.63, 3.8) is 0 Å². The number of rotatable bonds is 9. The lowest BCUT2D eigenvalue weighted by molar-refractivity contribution is 0.128. The largest absolute Gasteiger partial charge is 0.380 e. The van der Waals surface area contributed by atoms with Gasteiger partial charge in [-0.1, -0.05) is 26.0 Å². The summed E-state index contributed by atoms with van der Waals surface area (Å²) in [5, 5.41) is 6.81. The van der Waals surface area contributed by atoms with Gasteiger partial charge in [-0.25, -0.2) is 0 Å². The van der Waals surface area contributed by atoms with E-state index in [1.165, 1.54) is 37.2 Å². The molecule has 0 bridgehead atoms. The highest BCUT2D eigenvalue weighted by molar-refractivity contribution is 5.80. The number of nitrogens with one attached hydrogen (secondary N) is 2. The van der Waals surface area contributed by atoms with Gasteiger partial charge in [-0.3, -0.25) is 4.99 Å². The zero-order valence-electron chi connectivity index (χ0n) is 16.9. The van der Waals surface area contributed by atoms with Crippen LogP contribution in [-0.2, 0) is 4.74 Å². The summed E-state index contributed by atoms with van der Waals surface area (Å²) in [6.07, 6.45) is 3.71. The maximum atomic E-state index is 5.65. The Hall–Kier alpha value is -1.75. The van der Waals surface area contributed by atoms with Crippen LogP contribution >= 0.6 is 0 Å². The summed E-state index contributed by atoms with van der Waals surface area (Å²) >= 11 is 0. The Bertz CT molecular complexity index is 553. The molecule has 5 nitrogen and oxygen atoms in total. The van der Waals surface area contributed by atoms with Gasteiger partial charge in [0.2, 0.25) is 0 Å². The van der Waals surface area contributed by atoms with Crippen molar-refractivity contribution in [2.24, 2.45) is 10.9 Å². The Balaban J connectivity index is 1.77. The zero-order valence-corrected chi connectivity index (χ0v) is 16.9. The Morgan fingerprint density at radius 2 is 1.96 bits per heavy atom. The molecular formula is C21H36N4O. The summed E-state index contributed by atoms with van der Waals surface area (Å²) in [4.78, 5) is 6.80. The predicted octanol–water partition coefficient (Wildman–Crippen LogP) is 3.58. The quantitative estimate of drug-likeness (QED) is 0.401. The van der Waals surface area contributed by atoms with Crippen molar-refractivity contribution in [3.8, 4) is 0 Å². The molecule has 1 atom stereocenters. The van der Waals surface area contributed by atoms with Gasteiger partial charge in [0, 0.05) is 39.0 Å². The molecule has 1 heterocycles. The first-order valence-electron chi connectivity index (χ1n) is 10.00. The molecule has 0 spiro atoms. The van der Waals surface area contributed by atoms with Crippen LogP contribution in [0.15, 0.2) is 29.3 Å². The summed E-state index contributed by atoms with van der Waals surface area (Å²) in [6, 6.07) is 9.04. The smallest absolute Gasteiger partial charge is 0.191 e. The van der Waals surface area contributed by atoms with Crippen molar-refractivity contribution in [2.75, 3.05) is 44.8 Å². The predicted molar refractivity (Wildman–Crippen MR) is 111 cm³/mol. The lowest BCUT2D eigenvalue weighted by Crippen LogP contribution is -2.40. The van der Waals surface area contributed by atoms with Crippen LogP contribution in [0.2, 0.25) is 0 Å². The van der Waals surface area contributed by atoms with Gasteiger partial charge >= 0.3 is 0 Å². The van der Waals surface area contributed by atoms with Gasteiger partial charge in [-0.05, 0) is 49.8 Å². The van der Waals surface area contributed by atoms with E-state index in [9.17, 15) is 0 Å². The summed E-state index contributed by atoms with van der Waals surface area (Å²) in [7, 11) is 1.81. The molecule has 1 unspecified atom stereocenters. The SMILES string of the molecule is CN=C(NCCOCCC(C)C)NC(C)c1cccc(N2CCCC2)c1. The Morgan fingerprint density at radius 3 is 2.65 bits per heavy atom. The van der Waals surface area contributed by atoms with E-state index in [2.05, 4.69) is 65.6 Å². The number of aliphatic imine (C=N–C) groups is 1. The second-order valence-electron chi connectivity index (χ2n) is 7.45. The minimum Gasteiger partial charge on any atom is -0.380 e. The van der Waals surface area contributed by atoms with Crippen LogP contribution in [0.25, 0.3) is 0 Å². The highest BCUT2D eigenvalue weighted by Crippen LogP contribution is 2.23. The molecule has 0 amide bonds. The topological polar surface area (TPSA) is 48.9 Å². The summed E-state index contributed by atoms with van der Waals surface area (Å²) < 4.78 is 5.65. The molecule has 1 aliphatic rings. The third-order valence-electron chi connectivity index (χ3n) is 4.80. The number of ether oxygens (including phenoxy) is 1. The van der Waals surface area contributed by atoms with Crippen molar-refractivity contribution >= 4 is 11.6 Å². The minimum absolute atomic E-state index is 0.200. The molecule has 2 rings (SSSR count). The van der Waals surface area contributed by atoms with Crippen molar-refractivity contribution in [1.29, 1.82) is 0 Å². The maximum absolute atomic E-state index is 5.65. The van der Waals surface area contributed by atoms with Crippen molar-refractivity contribution in [1.82, 2.24) is 10.6 Å². The lowest BCUT2D eigenvalue weighted by Gasteiger charge is -2.22. The molecule has 5 heteroatoms. The number of hydrogen-bond donors (Lipinski definition) is 2. The fourth-order valence-electron chi connectivity index (χ4n) is 3.11. The van der Waals surface area contributed by atoms with Gasteiger partial charge < -0.3 is 20.3 Å². The fraction of sp³-hybridized carbons (Fsp3) is 0.667. The first-order chi connectivity index (χ1) is 12.6. The van der Waals surface area contributed by atoms with Gasteiger partial charge in [-0.15, -0.1) is 0 Å². The van der Waals surface area contributed by atoms with Crippen molar-refractivity contribution in [2.45, 2.75) is 46.1 Å². The van der Waals surface area contributed by atoms with Crippen LogP contribution in [0.4, 0.5) is 5.69 Å². The number of guanidine groups is 1. The Kier molecular flexibility index (Phi) is 8.75. The lowest BCUT2D eigenvalue weighted by atomic mass is 10.1. The number of benzene rings is 1. The highest BCUT2D eigenvalue weighted by atomic mass is 16.5. The van der Waals surface area contributed by atoms with E-state index in [-0.39, 0.29) is 6.04 Å². The molecule has 0 saturated carbocycles. The average molecular weight is 361 g/mol. The summed E-state index contributed by atoms with van der Waals surface area (Å²) in [5.41, 5.74) is 2.61. The third kappa shape index (κ3) is 6.87. The van der Waals surface area contributed by atoms with Crippen LogP contribution in [0.5, 0.6) is 0 Å². The van der Waals surface area contributed by atoms with Crippen LogP contribution in [-0.4, -0.2) is 45.9 Å². The van der Waals surface area contributed by atoms with E-state index in [4.69, 9.17) is 4.74 Å². The van der Waals surface area contributed by atoms with Gasteiger partial charge in [0.1, 0.15) is 0 Å². The zero-order chi connectivity index (χ0) is 18.8. The van der Waals surface area contributed by atoms with Crippen molar-refractivity contribution < 1.29 is 4.74 Å². The first kappa shape index (κ1) is 20.6. The number of nitrogens with zero attached hydrogens (tertiary/aromatic N) is 2. The van der Waals surface area contributed by atoms with E-state index in [1.54, 1.807) is 0 Å². The van der Waals surface area contributed by atoms with E-state index in [0.29, 0.717) is 12.5 Å². The fourth-order valence-corrected chi connectivity index (χ4v) is 3.11. The summed E-state index contributed by atoms with van der Waals surface area (Å²) in [5.74, 6) is 1.51. The Morgan fingerprint density at radius 1 is 1.19 bits per heavy atom. The monoisotopic (exact) mass is 360 g/mol. The summed E-state index contributed by atoms with van der Waals surface area (Å²) in [6.45, 7) is 11.2. The molecular weight excluding hydrogens is 324 g/mol. The minimum atomic E-state index is 0.200. The van der Waals surface area contributed by atoms with Gasteiger partial charge in [0.15, 0.2) is 5.96 Å². The maximum Gasteiger partial charge on any atom is 0.191 e. The third-order valence-corrected chi connectivity index (χ3v) is 4.80. The van der Waals surface area contributed by atoms with Gasteiger partial charge in [0.25, 0.3) is 0 Å². The molecule has 0 radical (unpaired) electrons. The number of hydrogen-bond acceptors (Lipinski definition) is 3. The molecule has 0 aliphatic carbocycles. The molecule has 0 aromatic heterocycles. The van der Waals surface area contributed by atoms with Gasteiger partial charge in [-0.2, -0.15) is 0 Å². The molecule has 26 heavy (non-hydrogen) atoms. The highest BCUT2D eigenvalue weighted by Gasteiger charge is 2.14. The van der Waals surface area contributed by atoms with Crippen LogP contribution in [0.1, 0.15) is 51.6 Å². The Labute approximate surface area is 159 Å². The molecule has 1 fully saturated rings. The molecule has 2 N–H and O–H groups in total. The molecule has 1 aromatic carbocycles. The van der Waals surface area contributed by atoms with Gasteiger partial charge in [0.05, 0.1) is 12.6 Å². The standard InChI is InChI=1S/C21H36N4O/c1-17(2)10-14-26-15-11-23-21(22-4)24-18(3)19-8-7-9-20(16-19)25-12-5-6-13-25/h7-9,16-18H,5-6,10-15H2,1-4H3,(H2,22,23,24). The first-order valence-corrected chi connectivity index (χ1v) is 10.00. The average Bonchev–Trinajstić information content (AvgIpc) is 3.18. The van der Waals surface area contributed by atoms with Crippen molar-refractivity contribution in [3.05, 3.63) is 29.8 Å². The van der Waals surface area contributed by atoms with Crippen LogP contribution in [0, 0.1) is 5.92 Å². The van der Waals surface area contributed by atoms with E-state index in [0.717, 1.165) is 25.5 Å². The molecule has 1 aromatic rings. The second kappa shape index (κ2) is 11.1. The molecule has 1 aliphatic heterocycles.